The van der Waals surface area contributed by atoms with Gasteiger partial charge in [0, 0.05) is 18.7 Å². The van der Waals surface area contributed by atoms with Gasteiger partial charge in [-0.05, 0) is 38.2 Å². The molecule has 3 N–H and O–H groups in total. The van der Waals surface area contributed by atoms with Crippen LogP contribution in [0.5, 0.6) is 5.75 Å². The fourth-order valence-electron chi connectivity index (χ4n) is 1.33. The second kappa shape index (κ2) is 8.00. The Morgan fingerprint density at radius 2 is 2.00 bits per heavy atom. The Labute approximate surface area is 127 Å². The van der Waals surface area contributed by atoms with E-state index in [9.17, 15) is 14.9 Å². The number of non-ortho nitro benzene ring substituents is 1. The highest BCUT2D eigenvalue weighted by Crippen LogP contribution is 2.18. The maximum Gasteiger partial charge on any atom is 0.279 e. The topological polar surface area (TPSA) is 106 Å². The Hall–Kier alpha value is -2.42. The third-order valence-corrected chi connectivity index (χ3v) is 2.61. The molecule has 21 heavy (non-hydrogen) atoms. The van der Waals surface area contributed by atoms with Crippen LogP contribution < -0.4 is 20.9 Å². The van der Waals surface area contributed by atoms with E-state index in [1.165, 1.54) is 24.3 Å². The zero-order chi connectivity index (χ0) is 15.8. The summed E-state index contributed by atoms with van der Waals surface area (Å²) in [6, 6.07) is 5.47. The molecule has 0 fully saturated rings. The predicted octanol–water partition coefficient (Wildman–Crippen LogP) is 0.877. The van der Waals surface area contributed by atoms with Crippen LogP contribution in [0.3, 0.4) is 0 Å². The normalized spacial score (nSPS) is 11.1. The molecule has 0 aliphatic carbocycles. The van der Waals surface area contributed by atoms with Crippen molar-refractivity contribution in [1.29, 1.82) is 0 Å². The molecule has 0 radical (unpaired) electrons. The van der Waals surface area contributed by atoms with Crippen molar-refractivity contribution < 1.29 is 14.5 Å². The van der Waals surface area contributed by atoms with E-state index in [4.69, 9.17) is 17.0 Å². The average Bonchev–Trinajstić information content (AvgIpc) is 2.45. The first-order valence-electron chi connectivity index (χ1n) is 6.18. The molecule has 1 atom stereocenters. The Morgan fingerprint density at radius 3 is 2.52 bits per heavy atom. The summed E-state index contributed by atoms with van der Waals surface area (Å²) in [6.07, 6.45) is -0.789. The molecule has 0 spiro atoms. The third kappa shape index (κ3) is 5.61. The van der Waals surface area contributed by atoms with Crippen LogP contribution in [-0.4, -0.2) is 28.6 Å². The summed E-state index contributed by atoms with van der Waals surface area (Å²) >= 11 is 4.88. The first-order valence-corrected chi connectivity index (χ1v) is 6.59. The van der Waals surface area contributed by atoms with Crippen LogP contribution in [0.4, 0.5) is 5.69 Å². The first-order chi connectivity index (χ1) is 9.93. The Bertz CT molecular complexity index is 520. The van der Waals surface area contributed by atoms with Gasteiger partial charge in [-0.2, -0.15) is 0 Å². The summed E-state index contributed by atoms with van der Waals surface area (Å²) in [7, 11) is 0. The van der Waals surface area contributed by atoms with E-state index < -0.39 is 16.9 Å². The van der Waals surface area contributed by atoms with Crippen molar-refractivity contribution >= 4 is 28.9 Å². The minimum absolute atomic E-state index is 0.0443. The van der Waals surface area contributed by atoms with Crippen LogP contribution in [0.2, 0.25) is 0 Å². The van der Waals surface area contributed by atoms with Crippen LogP contribution in [0.15, 0.2) is 24.3 Å². The minimum Gasteiger partial charge on any atom is -0.481 e. The van der Waals surface area contributed by atoms with Gasteiger partial charge in [-0.1, -0.05) is 0 Å². The Kier molecular flexibility index (Phi) is 6.34. The van der Waals surface area contributed by atoms with Crippen molar-refractivity contribution in [2.24, 2.45) is 0 Å². The molecule has 0 saturated carbocycles. The largest absolute Gasteiger partial charge is 0.481 e. The van der Waals surface area contributed by atoms with Crippen LogP contribution in [0, 0.1) is 10.1 Å². The van der Waals surface area contributed by atoms with Gasteiger partial charge in [0.2, 0.25) is 0 Å². The van der Waals surface area contributed by atoms with Crippen LogP contribution >= 0.6 is 12.2 Å². The molecule has 8 nitrogen and oxygen atoms in total. The zero-order valence-corrected chi connectivity index (χ0v) is 12.4. The number of carbonyl (C=O) groups excluding carboxylic acids is 1. The maximum atomic E-state index is 11.7. The third-order valence-electron chi connectivity index (χ3n) is 2.37. The SMILES string of the molecule is CCNC(=S)NNC(=O)C(C)Oc1ccc([N+](=O)[O-])cc1. The number of nitrogens with one attached hydrogen (secondary N) is 3. The monoisotopic (exact) mass is 312 g/mol. The first kappa shape index (κ1) is 16.6. The van der Waals surface area contributed by atoms with Gasteiger partial charge in [0.1, 0.15) is 5.75 Å². The fourth-order valence-corrected chi connectivity index (χ4v) is 1.52. The summed E-state index contributed by atoms with van der Waals surface area (Å²) in [5.41, 5.74) is 4.87. The van der Waals surface area contributed by atoms with E-state index in [2.05, 4.69) is 16.2 Å². The van der Waals surface area contributed by atoms with Crippen molar-refractivity contribution in [3.8, 4) is 5.75 Å². The number of nitrogens with zero attached hydrogens (tertiary/aromatic N) is 1. The van der Waals surface area contributed by atoms with Gasteiger partial charge in [-0.3, -0.25) is 25.8 Å². The van der Waals surface area contributed by atoms with Crippen molar-refractivity contribution in [3.05, 3.63) is 34.4 Å². The number of hydrazine groups is 1. The quantitative estimate of drug-likeness (QED) is 0.421. The van der Waals surface area contributed by atoms with Crippen LogP contribution in [-0.2, 0) is 4.79 Å². The lowest BCUT2D eigenvalue weighted by Gasteiger charge is -2.16. The number of hydrogen-bond donors (Lipinski definition) is 3. The highest BCUT2D eigenvalue weighted by molar-refractivity contribution is 7.80. The van der Waals surface area contributed by atoms with Gasteiger partial charge in [0.05, 0.1) is 4.92 Å². The molecule has 0 saturated heterocycles. The van der Waals surface area contributed by atoms with Gasteiger partial charge >= 0.3 is 0 Å². The molecule has 0 aliphatic rings. The van der Waals surface area contributed by atoms with Crippen molar-refractivity contribution in [3.63, 3.8) is 0 Å². The standard InChI is InChI=1S/C12H16N4O4S/c1-3-13-12(21)15-14-11(17)8(2)20-10-6-4-9(5-7-10)16(18)19/h4-8H,3H2,1-2H3,(H,14,17)(H2,13,15,21). The number of thiocarbonyl (C=S) groups is 1. The number of amides is 1. The summed E-state index contributed by atoms with van der Waals surface area (Å²) in [5.74, 6) is -0.0638. The Morgan fingerprint density at radius 1 is 1.38 bits per heavy atom. The lowest BCUT2D eigenvalue weighted by atomic mass is 10.3. The van der Waals surface area contributed by atoms with E-state index in [0.29, 0.717) is 17.4 Å². The number of hydrogen-bond acceptors (Lipinski definition) is 5. The smallest absolute Gasteiger partial charge is 0.279 e. The van der Waals surface area contributed by atoms with E-state index in [-0.39, 0.29) is 5.69 Å². The number of nitro benzene ring substituents is 1. The second-order valence-electron chi connectivity index (χ2n) is 3.98. The molecular weight excluding hydrogens is 296 g/mol. The van der Waals surface area contributed by atoms with Crippen molar-refractivity contribution in [1.82, 2.24) is 16.2 Å². The number of rotatable bonds is 5. The summed E-state index contributed by atoms with van der Waals surface area (Å²) < 4.78 is 5.36. The molecule has 1 aromatic rings. The second-order valence-corrected chi connectivity index (χ2v) is 4.39. The van der Waals surface area contributed by atoms with Gasteiger partial charge in [-0.15, -0.1) is 0 Å². The molecule has 1 rings (SSSR count). The number of nitro groups is 1. The molecule has 114 valence electrons. The fraction of sp³-hybridized carbons (Fsp3) is 0.333. The molecule has 9 heteroatoms. The van der Waals surface area contributed by atoms with Gasteiger partial charge < -0.3 is 10.1 Å². The Balaban J connectivity index is 2.48. The summed E-state index contributed by atoms with van der Waals surface area (Å²) in [5, 5.41) is 13.6. The number of carbonyl (C=O) groups is 1. The predicted molar refractivity (Wildman–Crippen MR) is 80.7 cm³/mol. The number of benzene rings is 1. The lowest BCUT2D eigenvalue weighted by molar-refractivity contribution is -0.384. The summed E-state index contributed by atoms with van der Waals surface area (Å²) in [4.78, 5) is 21.7. The van der Waals surface area contributed by atoms with E-state index in [0.717, 1.165) is 0 Å². The van der Waals surface area contributed by atoms with E-state index >= 15 is 0 Å². The highest BCUT2D eigenvalue weighted by Gasteiger charge is 2.15. The van der Waals surface area contributed by atoms with Crippen LogP contribution in [0.25, 0.3) is 0 Å². The van der Waals surface area contributed by atoms with Crippen molar-refractivity contribution in [2.45, 2.75) is 20.0 Å². The molecule has 1 unspecified atom stereocenters. The number of ether oxygens (including phenoxy) is 1. The van der Waals surface area contributed by atoms with Gasteiger partial charge in [-0.25, -0.2) is 0 Å². The van der Waals surface area contributed by atoms with E-state index in [1.54, 1.807) is 6.92 Å². The lowest BCUT2D eigenvalue weighted by Crippen LogP contribution is -2.50. The molecule has 1 aromatic carbocycles. The summed E-state index contributed by atoms with van der Waals surface area (Å²) in [6.45, 7) is 4.06. The average molecular weight is 312 g/mol. The molecule has 0 aliphatic heterocycles. The maximum absolute atomic E-state index is 11.7. The molecule has 0 aromatic heterocycles. The van der Waals surface area contributed by atoms with Crippen molar-refractivity contribution in [2.75, 3.05) is 6.54 Å². The molecule has 1 amide bonds. The van der Waals surface area contributed by atoms with Gasteiger partial charge in [0.15, 0.2) is 11.2 Å². The van der Waals surface area contributed by atoms with E-state index in [1.807, 2.05) is 6.92 Å². The molecule has 0 heterocycles. The zero-order valence-electron chi connectivity index (χ0n) is 11.6. The van der Waals surface area contributed by atoms with Crippen LogP contribution in [0.1, 0.15) is 13.8 Å². The minimum atomic E-state index is -0.789. The van der Waals surface area contributed by atoms with Gasteiger partial charge in [0.25, 0.3) is 11.6 Å². The highest BCUT2D eigenvalue weighted by atomic mass is 32.1. The molecular formula is C12H16N4O4S. The molecule has 0 bridgehead atoms.